The minimum absolute atomic E-state index is 0.101. The number of carbonyl (C=O) groups excluding carboxylic acids is 1. The van der Waals surface area contributed by atoms with E-state index in [2.05, 4.69) is 19.2 Å². The lowest BCUT2D eigenvalue weighted by Crippen LogP contribution is -2.27. The van der Waals surface area contributed by atoms with E-state index in [0.717, 1.165) is 19.4 Å². The molecule has 0 bridgehead atoms. The van der Waals surface area contributed by atoms with Gasteiger partial charge in [0.15, 0.2) is 0 Å². The maximum atomic E-state index is 11.1. The van der Waals surface area contributed by atoms with E-state index in [1.807, 2.05) is 6.92 Å². The van der Waals surface area contributed by atoms with Crippen molar-refractivity contribution in [2.75, 3.05) is 33.0 Å². The highest BCUT2D eigenvalue weighted by Gasteiger charge is 1.97. The molecule has 1 N–H and O–H groups in total. The van der Waals surface area contributed by atoms with Gasteiger partial charge in [0.2, 0.25) is 5.91 Å². The number of carbonyl (C=O) groups is 1. The van der Waals surface area contributed by atoms with E-state index < -0.39 is 0 Å². The molecule has 0 heterocycles. The lowest BCUT2D eigenvalue weighted by Gasteiger charge is -2.08. The van der Waals surface area contributed by atoms with Crippen LogP contribution in [0.2, 0.25) is 0 Å². The van der Waals surface area contributed by atoms with Crippen LogP contribution in [0.25, 0.3) is 0 Å². The Morgan fingerprint density at radius 2 is 1.76 bits per heavy atom. The van der Waals surface area contributed by atoms with E-state index in [1.54, 1.807) is 0 Å². The molecule has 0 aromatic rings. The van der Waals surface area contributed by atoms with Crippen LogP contribution >= 0.6 is 0 Å². The van der Waals surface area contributed by atoms with Gasteiger partial charge in [-0.3, -0.25) is 4.79 Å². The Morgan fingerprint density at radius 3 is 2.35 bits per heavy atom. The first kappa shape index (κ1) is 16.4. The number of nitrogens with one attached hydrogen (secondary N) is 1. The van der Waals surface area contributed by atoms with Crippen molar-refractivity contribution in [1.29, 1.82) is 0 Å². The number of ether oxygens (including phenoxy) is 2. The Hall–Kier alpha value is -0.610. The van der Waals surface area contributed by atoms with Crippen molar-refractivity contribution < 1.29 is 14.3 Å². The van der Waals surface area contributed by atoms with Crippen LogP contribution in [-0.2, 0) is 14.3 Å². The molecule has 0 aliphatic heterocycles. The maximum absolute atomic E-state index is 11.1. The molecule has 0 radical (unpaired) electrons. The summed E-state index contributed by atoms with van der Waals surface area (Å²) in [5.41, 5.74) is 0. The largest absolute Gasteiger partial charge is 0.379 e. The van der Waals surface area contributed by atoms with Crippen LogP contribution < -0.4 is 5.32 Å². The highest BCUT2D eigenvalue weighted by molar-refractivity contribution is 5.75. The minimum atomic E-state index is 0.101. The molecule has 0 spiro atoms. The average molecular weight is 245 g/mol. The summed E-state index contributed by atoms with van der Waals surface area (Å²) >= 11 is 0. The summed E-state index contributed by atoms with van der Waals surface area (Å²) in [4.78, 5) is 11.1. The zero-order chi connectivity index (χ0) is 12.9. The number of hydrogen-bond acceptors (Lipinski definition) is 3. The van der Waals surface area contributed by atoms with Gasteiger partial charge in [-0.1, -0.05) is 20.8 Å². The Morgan fingerprint density at radius 1 is 1.12 bits per heavy atom. The Kier molecular flexibility index (Phi) is 11.4. The highest BCUT2D eigenvalue weighted by Crippen LogP contribution is 1.98. The average Bonchev–Trinajstić information content (AvgIpc) is 2.27. The Balaban J connectivity index is 3.06. The van der Waals surface area contributed by atoms with Crippen LogP contribution in [0.5, 0.6) is 0 Å². The molecule has 0 rings (SSSR count). The lowest BCUT2D eigenvalue weighted by molar-refractivity contribution is -0.121. The molecule has 0 saturated heterocycles. The van der Waals surface area contributed by atoms with E-state index in [0.29, 0.717) is 38.7 Å². The zero-order valence-electron chi connectivity index (χ0n) is 11.5. The first-order chi connectivity index (χ1) is 8.16. The third-order valence-electron chi connectivity index (χ3n) is 2.26. The van der Waals surface area contributed by atoms with Crippen molar-refractivity contribution in [3.8, 4) is 0 Å². The quantitative estimate of drug-likeness (QED) is 0.566. The fraction of sp³-hybridized carbons (Fsp3) is 0.923. The normalized spacial score (nSPS) is 10.8. The summed E-state index contributed by atoms with van der Waals surface area (Å²) in [5, 5.41) is 2.80. The van der Waals surface area contributed by atoms with Gasteiger partial charge in [-0.2, -0.15) is 0 Å². The molecule has 0 aliphatic carbocycles. The molecule has 4 heteroatoms. The molecule has 17 heavy (non-hydrogen) atoms. The topological polar surface area (TPSA) is 47.6 Å². The van der Waals surface area contributed by atoms with Gasteiger partial charge in [-0.05, 0) is 18.8 Å². The van der Waals surface area contributed by atoms with Gasteiger partial charge < -0.3 is 14.8 Å². The van der Waals surface area contributed by atoms with E-state index in [-0.39, 0.29) is 5.91 Å². The molecular formula is C13H27NO3. The summed E-state index contributed by atoms with van der Waals surface area (Å²) in [6.07, 6.45) is 2.57. The molecule has 0 saturated carbocycles. The van der Waals surface area contributed by atoms with Crippen LogP contribution in [0.3, 0.4) is 0 Å². The van der Waals surface area contributed by atoms with Crippen LogP contribution in [0, 0.1) is 5.92 Å². The summed E-state index contributed by atoms with van der Waals surface area (Å²) in [7, 11) is 0. The van der Waals surface area contributed by atoms with Crippen LogP contribution in [0.4, 0.5) is 0 Å². The second-order valence-electron chi connectivity index (χ2n) is 4.51. The fourth-order valence-electron chi connectivity index (χ4n) is 1.22. The van der Waals surface area contributed by atoms with Crippen LogP contribution in [0.15, 0.2) is 0 Å². The second kappa shape index (κ2) is 11.9. The number of hydrogen-bond donors (Lipinski definition) is 1. The molecule has 0 atom stereocenters. The third-order valence-corrected chi connectivity index (χ3v) is 2.26. The molecule has 4 nitrogen and oxygen atoms in total. The van der Waals surface area contributed by atoms with Crippen molar-refractivity contribution >= 4 is 5.91 Å². The van der Waals surface area contributed by atoms with Gasteiger partial charge in [0.25, 0.3) is 0 Å². The van der Waals surface area contributed by atoms with E-state index >= 15 is 0 Å². The van der Waals surface area contributed by atoms with Crippen molar-refractivity contribution in [2.24, 2.45) is 5.92 Å². The van der Waals surface area contributed by atoms with Crippen molar-refractivity contribution in [2.45, 2.75) is 40.0 Å². The molecular weight excluding hydrogens is 218 g/mol. The molecule has 1 amide bonds. The van der Waals surface area contributed by atoms with Crippen LogP contribution in [-0.4, -0.2) is 38.9 Å². The van der Waals surface area contributed by atoms with Gasteiger partial charge in [0.05, 0.1) is 19.8 Å². The molecule has 0 unspecified atom stereocenters. The first-order valence-electron chi connectivity index (χ1n) is 6.59. The number of amides is 1. The minimum Gasteiger partial charge on any atom is -0.379 e. The van der Waals surface area contributed by atoms with E-state index in [4.69, 9.17) is 9.47 Å². The molecule has 0 aromatic carbocycles. The monoisotopic (exact) mass is 245 g/mol. The smallest absolute Gasteiger partial charge is 0.220 e. The lowest BCUT2D eigenvalue weighted by atomic mass is 10.1. The van der Waals surface area contributed by atoms with Gasteiger partial charge in [-0.15, -0.1) is 0 Å². The fourth-order valence-corrected chi connectivity index (χ4v) is 1.22. The van der Waals surface area contributed by atoms with E-state index in [1.165, 1.54) is 0 Å². The summed E-state index contributed by atoms with van der Waals surface area (Å²) in [6.45, 7) is 9.53. The van der Waals surface area contributed by atoms with Crippen molar-refractivity contribution in [3.05, 3.63) is 0 Å². The zero-order valence-corrected chi connectivity index (χ0v) is 11.5. The summed E-state index contributed by atoms with van der Waals surface area (Å²) < 4.78 is 10.7. The predicted octanol–water partition coefficient (Wildman–Crippen LogP) is 1.98. The third kappa shape index (κ3) is 13.3. The Labute approximate surface area is 105 Å². The maximum Gasteiger partial charge on any atom is 0.220 e. The molecule has 0 aromatic heterocycles. The summed E-state index contributed by atoms with van der Waals surface area (Å²) in [6, 6.07) is 0. The Bertz CT molecular complexity index is 184. The highest BCUT2D eigenvalue weighted by atomic mass is 16.5. The SMILES string of the molecule is CCCC(=O)NCCOCCOCCC(C)C. The van der Waals surface area contributed by atoms with Gasteiger partial charge in [0, 0.05) is 19.6 Å². The number of rotatable bonds is 11. The second-order valence-corrected chi connectivity index (χ2v) is 4.51. The first-order valence-corrected chi connectivity index (χ1v) is 6.59. The standard InChI is InChI=1S/C13H27NO3/c1-4-5-13(15)14-7-9-17-11-10-16-8-6-12(2)3/h12H,4-11H2,1-3H3,(H,14,15). The predicted molar refractivity (Wildman–Crippen MR) is 69.0 cm³/mol. The molecule has 102 valence electrons. The van der Waals surface area contributed by atoms with Crippen molar-refractivity contribution in [1.82, 2.24) is 5.32 Å². The molecule has 0 fully saturated rings. The molecule has 0 aliphatic rings. The van der Waals surface area contributed by atoms with E-state index in [9.17, 15) is 4.79 Å². The van der Waals surface area contributed by atoms with Gasteiger partial charge in [0.1, 0.15) is 0 Å². The van der Waals surface area contributed by atoms with Crippen molar-refractivity contribution in [3.63, 3.8) is 0 Å². The van der Waals surface area contributed by atoms with Gasteiger partial charge >= 0.3 is 0 Å². The van der Waals surface area contributed by atoms with Crippen LogP contribution in [0.1, 0.15) is 40.0 Å². The summed E-state index contributed by atoms with van der Waals surface area (Å²) in [5.74, 6) is 0.786. The van der Waals surface area contributed by atoms with Gasteiger partial charge in [-0.25, -0.2) is 0 Å².